The molecular weight excluding hydrogens is 293 g/mol. The Balaban J connectivity index is 1.58. The Labute approximate surface area is 135 Å². The maximum atomic E-state index is 13.8. The Morgan fingerprint density at radius 2 is 1.96 bits per heavy atom. The van der Waals surface area contributed by atoms with Crippen LogP contribution in [0.25, 0.3) is 0 Å². The zero-order valence-corrected chi connectivity index (χ0v) is 13.1. The second-order valence-corrected chi connectivity index (χ2v) is 5.73. The van der Waals surface area contributed by atoms with Crippen molar-refractivity contribution in [3.63, 3.8) is 0 Å². The topological polar surface area (TPSA) is 38.3 Å². The van der Waals surface area contributed by atoms with E-state index in [2.05, 4.69) is 5.32 Å². The standard InChI is InChI=1S/C19H20FNO2/c1-2-23-18-10-6-3-7-13(18)12-21-19(22)16-11-15(16)14-8-4-5-9-17(14)20/h3-10,15-16H,2,11-12H2,1H3,(H,21,22). The van der Waals surface area contributed by atoms with Crippen LogP contribution in [0.3, 0.4) is 0 Å². The summed E-state index contributed by atoms with van der Waals surface area (Å²) in [6.45, 7) is 2.94. The lowest BCUT2D eigenvalue weighted by atomic mass is 10.1. The minimum Gasteiger partial charge on any atom is -0.494 e. The van der Waals surface area contributed by atoms with Crippen molar-refractivity contribution in [2.75, 3.05) is 6.61 Å². The number of carbonyl (C=O) groups is 1. The zero-order chi connectivity index (χ0) is 16.2. The first-order valence-electron chi connectivity index (χ1n) is 7.93. The molecule has 1 amide bonds. The number of rotatable bonds is 6. The van der Waals surface area contributed by atoms with E-state index in [1.54, 1.807) is 12.1 Å². The highest BCUT2D eigenvalue weighted by atomic mass is 19.1. The highest BCUT2D eigenvalue weighted by Crippen LogP contribution is 2.48. The first kappa shape index (κ1) is 15.5. The van der Waals surface area contributed by atoms with Gasteiger partial charge in [0, 0.05) is 18.0 Å². The Morgan fingerprint density at radius 1 is 1.22 bits per heavy atom. The van der Waals surface area contributed by atoms with Gasteiger partial charge in [0.2, 0.25) is 5.91 Å². The summed E-state index contributed by atoms with van der Waals surface area (Å²) >= 11 is 0. The van der Waals surface area contributed by atoms with Crippen molar-refractivity contribution < 1.29 is 13.9 Å². The van der Waals surface area contributed by atoms with Crippen molar-refractivity contribution in [1.29, 1.82) is 0 Å². The molecule has 3 nitrogen and oxygen atoms in total. The molecule has 1 aliphatic carbocycles. The number of hydrogen-bond acceptors (Lipinski definition) is 2. The smallest absolute Gasteiger partial charge is 0.224 e. The maximum Gasteiger partial charge on any atom is 0.224 e. The molecule has 2 unspecified atom stereocenters. The lowest BCUT2D eigenvalue weighted by Gasteiger charge is -2.11. The minimum absolute atomic E-state index is 0.00154. The van der Waals surface area contributed by atoms with Gasteiger partial charge in [-0.2, -0.15) is 0 Å². The molecule has 0 saturated heterocycles. The van der Waals surface area contributed by atoms with Crippen molar-refractivity contribution in [1.82, 2.24) is 5.32 Å². The third kappa shape index (κ3) is 3.52. The summed E-state index contributed by atoms with van der Waals surface area (Å²) in [4.78, 5) is 12.3. The molecule has 0 aliphatic heterocycles. The predicted octanol–water partition coefficient (Wildman–Crippen LogP) is 3.64. The molecule has 0 heterocycles. The monoisotopic (exact) mass is 313 g/mol. The van der Waals surface area contributed by atoms with Crippen LogP contribution in [0.2, 0.25) is 0 Å². The number of amides is 1. The Kier molecular flexibility index (Phi) is 4.60. The zero-order valence-electron chi connectivity index (χ0n) is 13.1. The van der Waals surface area contributed by atoms with Crippen molar-refractivity contribution >= 4 is 5.91 Å². The molecule has 3 rings (SSSR count). The number of nitrogens with one attached hydrogen (secondary N) is 1. The average Bonchev–Trinajstić information content (AvgIpc) is 3.35. The van der Waals surface area contributed by atoms with Gasteiger partial charge in [0.05, 0.1) is 6.61 Å². The summed E-state index contributed by atoms with van der Waals surface area (Å²) < 4.78 is 19.3. The van der Waals surface area contributed by atoms with Crippen LogP contribution in [0.5, 0.6) is 5.75 Å². The average molecular weight is 313 g/mol. The number of para-hydroxylation sites is 1. The molecule has 0 spiro atoms. The van der Waals surface area contributed by atoms with Gasteiger partial charge in [-0.15, -0.1) is 0 Å². The molecule has 0 aromatic heterocycles. The van der Waals surface area contributed by atoms with Crippen LogP contribution in [0.4, 0.5) is 4.39 Å². The van der Waals surface area contributed by atoms with E-state index >= 15 is 0 Å². The molecule has 0 radical (unpaired) electrons. The molecule has 2 aromatic rings. The molecule has 0 bridgehead atoms. The maximum absolute atomic E-state index is 13.8. The van der Waals surface area contributed by atoms with Crippen molar-refractivity contribution in [2.45, 2.75) is 25.8 Å². The molecule has 1 N–H and O–H groups in total. The van der Waals surface area contributed by atoms with E-state index < -0.39 is 0 Å². The van der Waals surface area contributed by atoms with Crippen LogP contribution in [-0.4, -0.2) is 12.5 Å². The van der Waals surface area contributed by atoms with Gasteiger partial charge in [-0.3, -0.25) is 4.79 Å². The van der Waals surface area contributed by atoms with E-state index in [-0.39, 0.29) is 23.6 Å². The van der Waals surface area contributed by atoms with E-state index in [4.69, 9.17) is 4.74 Å². The molecular formula is C19H20FNO2. The van der Waals surface area contributed by atoms with Gasteiger partial charge in [0.1, 0.15) is 11.6 Å². The SMILES string of the molecule is CCOc1ccccc1CNC(=O)C1CC1c1ccccc1F. The molecule has 120 valence electrons. The Bertz CT molecular complexity index is 701. The molecule has 2 aromatic carbocycles. The quantitative estimate of drug-likeness (QED) is 0.884. The van der Waals surface area contributed by atoms with Gasteiger partial charge in [0.25, 0.3) is 0 Å². The first-order chi connectivity index (χ1) is 11.2. The number of halogens is 1. The molecule has 4 heteroatoms. The number of hydrogen-bond donors (Lipinski definition) is 1. The Hall–Kier alpha value is -2.36. The van der Waals surface area contributed by atoms with Crippen LogP contribution >= 0.6 is 0 Å². The molecule has 23 heavy (non-hydrogen) atoms. The van der Waals surface area contributed by atoms with Gasteiger partial charge in [-0.1, -0.05) is 36.4 Å². The first-order valence-corrected chi connectivity index (χ1v) is 7.93. The molecule has 1 aliphatic rings. The lowest BCUT2D eigenvalue weighted by Crippen LogP contribution is -2.25. The summed E-state index contributed by atoms with van der Waals surface area (Å²) in [5.41, 5.74) is 1.59. The highest BCUT2D eigenvalue weighted by Gasteiger charge is 2.44. The van der Waals surface area contributed by atoms with E-state index in [0.29, 0.717) is 25.1 Å². The van der Waals surface area contributed by atoms with Gasteiger partial charge in [-0.05, 0) is 37.0 Å². The van der Waals surface area contributed by atoms with Crippen molar-refractivity contribution in [3.05, 3.63) is 65.5 Å². The summed E-state index contributed by atoms with van der Waals surface area (Å²) in [7, 11) is 0. The van der Waals surface area contributed by atoms with Gasteiger partial charge in [-0.25, -0.2) is 4.39 Å². The number of ether oxygens (including phenoxy) is 1. The van der Waals surface area contributed by atoms with E-state index in [1.807, 2.05) is 37.3 Å². The van der Waals surface area contributed by atoms with Gasteiger partial charge in [0.15, 0.2) is 0 Å². The third-order valence-corrected chi connectivity index (χ3v) is 4.16. The van der Waals surface area contributed by atoms with Crippen LogP contribution in [0.15, 0.2) is 48.5 Å². The summed E-state index contributed by atoms with van der Waals surface area (Å²) in [5, 5.41) is 2.94. The van der Waals surface area contributed by atoms with Crippen LogP contribution in [0, 0.1) is 11.7 Å². The molecule has 2 atom stereocenters. The highest BCUT2D eigenvalue weighted by molar-refractivity contribution is 5.82. The fourth-order valence-corrected chi connectivity index (χ4v) is 2.86. The van der Waals surface area contributed by atoms with Crippen molar-refractivity contribution in [2.24, 2.45) is 5.92 Å². The van der Waals surface area contributed by atoms with Crippen molar-refractivity contribution in [3.8, 4) is 5.75 Å². The second kappa shape index (κ2) is 6.82. The Morgan fingerprint density at radius 3 is 2.74 bits per heavy atom. The second-order valence-electron chi connectivity index (χ2n) is 5.73. The molecule has 1 fully saturated rings. The third-order valence-electron chi connectivity index (χ3n) is 4.16. The van der Waals surface area contributed by atoms with Gasteiger partial charge < -0.3 is 10.1 Å². The fraction of sp³-hybridized carbons (Fsp3) is 0.316. The summed E-state index contributed by atoms with van der Waals surface area (Å²) in [6.07, 6.45) is 0.708. The predicted molar refractivity (Wildman–Crippen MR) is 86.7 cm³/mol. The lowest BCUT2D eigenvalue weighted by molar-refractivity contribution is -0.122. The normalized spacial score (nSPS) is 19.2. The van der Waals surface area contributed by atoms with E-state index in [1.165, 1.54) is 6.07 Å². The fourth-order valence-electron chi connectivity index (χ4n) is 2.86. The van der Waals surface area contributed by atoms with E-state index in [0.717, 1.165) is 11.3 Å². The van der Waals surface area contributed by atoms with Crippen LogP contribution < -0.4 is 10.1 Å². The summed E-state index contributed by atoms with van der Waals surface area (Å²) in [5.74, 6) is 0.403. The van der Waals surface area contributed by atoms with Crippen LogP contribution in [-0.2, 0) is 11.3 Å². The van der Waals surface area contributed by atoms with Crippen LogP contribution in [0.1, 0.15) is 30.4 Å². The molecule has 1 saturated carbocycles. The van der Waals surface area contributed by atoms with Gasteiger partial charge >= 0.3 is 0 Å². The largest absolute Gasteiger partial charge is 0.494 e. The van der Waals surface area contributed by atoms with E-state index in [9.17, 15) is 9.18 Å². The number of benzene rings is 2. The minimum atomic E-state index is -0.227. The number of carbonyl (C=O) groups excluding carboxylic acids is 1. The summed E-state index contributed by atoms with van der Waals surface area (Å²) in [6, 6.07) is 14.3.